The van der Waals surface area contributed by atoms with Crippen LogP contribution in [-0.2, 0) is 61.8 Å². The number of carbonyl (C=O) groups is 4. The molecule has 0 amide bonds. The van der Waals surface area contributed by atoms with Crippen molar-refractivity contribution in [2.75, 3.05) is 34.0 Å². The molecule has 7 rings (SSSR count). The molecule has 5 aliphatic carbocycles. The van der Waals surface area contributed by atoms with Crippen molar-refractivity contribution in [3.05, 3.63) is 11.6 Å². The first-order valence-electron chi connectivity index (χ1n) is 25.8. The molecule has 404 valence electrons. The van der Waals surface area contributed by atoms with Crippen LogP contribution in [0.2, 0.25) is 0 Å². The maximum Gasteiger partial charge on any atom is 0.363 e. The summed E-state index contributed by atoms with van der Waals surface area (Å²) in [5.74, 6) is -3.10. The van der Waals surface area contributed by atoms with Crippen molar-refractivity contribution in [3.63, 3.8) is 0 Å². The van der Waals surface area contributed by atoms with Gasteiger partial charge in [0.15, 0.2) is 12.4 Å². The average Bonchev–Trinajstić information content (AvgIpc) is 3.32. The Morgan fingerprint density at radius 2 is 1.49 bits per heavy atom. The van der Waals surface area contributed by atoms with Crippen LogP contribution in [0.3, 0.4) is 0 Å². The van der Waals surface area contributed by atoms with Crippen molar-refractivity contribution in [3.8, 4) is 0 Å². The van der Waals surface area contributed by atoms with E-state index in [9.17, 15) is 49.8 Å². The quantitative estimate of drug-likeness (QED) is 0.0343. The Balaban J connectivity index is 1.14. The van der Waals surface area contributed by atoms with E-state index in [0.717, 1.165) is 65.6 Å². The summed E-state index contributed by atoms with van der Waals surface area (Å²) >= 11 is 0. The minimum Gasteiger partial charge on any atom is -0.467 e. The summed E-state index contributed by atoms with van der Waals surface area (Å²) in [7, 11) is 2.20. The molecule has 6 N–H and O–H groups in total. The van der Waals surface area contributed by atoms with E-state index in [4.69, 9.17) is 37.9 Å². The summed E-state index contributed by atoms with van der Waals surface area (Å²) < 4.78 is 50.6. The maximum atomic E-state index is 14.7. The highest BCUT2D eigenvalue weighted by Crippen LogP contribution is 2.76. The Labute approximate surface area is 417 Å². The van der Waals surface area contributed by atoms with Gasteiger partial charge in [0, 0.05) is 0 Å². The monoisotopic (exact) mass is 1010 g/mol. The Morgan fingerprint density at radius 1 is 0.789 bits per heavy atom. The van der Waals surface area contributed by atoms with Gasteiger partial charge in [-0.25, -0.2) is 14.4 Å². The molecule has 2 heterocycles. The number of rotatable bonds is 15. The van der Waals surface area contributed by atoms with Gasteiger partial charge in [0.25, 0.3) is 6.29 Å². The zero-order chi connectivity index (χ0) is 52.2. The van der Waals surface area contributed by atoms with Crippen LogP contribution in [0.1, 0.15) is 132 Å². The molecule has 2 aliphatic heterocycles. The van der Waals surface area contributed by atoms with E-state index < -0.39 is 122 Å². The number of esters is 4. The van der Waals surface area contributed by atoms with Gasteiger partial charge in [-0.05, 0) is 115 Å². The van der Waals surface area contributed by atoms with Crippen LogP contribution >= 0.6 is 0 Å². The largest absolute Gasteiger partial charge is 0.467 e. The number of fused-ring (bicyclic) bond motifs is 7. The molecule has 0 aromatic rings. The van der Waals surface area contributed by atoms with E-state index in [-0.39, 0.29) is 46.0 Å². The molecule has 0 aromatic heterocycles. The molecule has 0 radical (unpaired) electrons. The lowest BCUT2D eigenvalue weighted by atomic mass is 9.33. The molecule has 0 bridgehead atoms. The van der Waals surface area contributed by atoms with Gasteiger partial charge in [0.1, 0.15) is 49.3 Å². The molecule has 0 spiro atoms. The van der Waals surface area contributed by atoms with Crippen LogP contribution in [-0.4, -0.2) is 162 Å². The minimum atomic E-state index is -1.91. The van der Waals surface area contributed by atoms with Gasteiger partial charge in [-0.2, -0.15) is 0 Å². The summed E-state index contributed by atoms with van der Waals surface area (Å²) in [4.78, 5) is 53.0. The molecule has 6 fully saturated rings. The molecular formula is C52H82O19. The summed E-state index contributed by atoms with van der Waals surface area (Å²) in [5.41, 5.74) is -0.879. The van der Waals surface area contributed by atoms with Crippen LogP contribution in [0.4, 0.5) is 0 Å². The van der Waals surface area contributed by atoms with E-state index >= 15 is 0 Å². The summed E-state index contributed by atoms with van der Waals surface area (Å²) in [6, 6.07) is 0. The second-order valence-electron chi connectivity index (χ2n) is 23.7. The van der Waals surface area contributed by atoms with Crippen LogP contribution in [0.25, 0.3) is 0 Å². The molecule has 71 heavy (non-hydrogen) atoms. The van der Waals surface area contributed by atoms with E-state index in [0.29, 0.717) is 25.7 Å². The maximum absolute atomic E-state index is 14.7. The Hall–Kier alpha value is -2.82. The lowest BCUT2D eigenvalue weighted by Crippen LogP contribution is -2.66. The fourth-order valence-corrected chi connectivity index (χ4v) is 14.7. The molecule has 2 saturated heterocycles. The van der Waals surface area contributed by atoms with Crippen LogP contribution in [0.5, 0.6) is 0 Å². The van der Waals surface area contributed by atoms with E-state index in [1.54, 1.807) is 0 Å². The Kier molecular flexibility index (Phi) is 16.6. The first-order valence-corrected chi connectivity index (χ1v) is 25.8. The highest BCUT2D eigenvalue weighted by molar-refractivity contribution is 5.79. The fourth-order valence-electron chi connectivity index (χ4n) is 14.7. The van der Waals surface area contributed by atoms with Crippen molar-refractivity contribution >= 4 is 23.9 Å². The number of aliphatic hydroxyl groups excluding tert-OH is 6. The van der Waals surface area contributed by atoms with Gasteiger partial charge < -0.3 is 73.3 Å². The standard InChI is InChI=1S/C52H82O19/c1-11-12-23-65-41(60)40-37(58)39(69-45(42(61)64-10)66-26-33(54)63-9)38(59)44(70-40)68-32-16-17-49(6)30(48(32,4)5)15-18-51(8)31(49)14-13-27-28-24-47(2,3)19-21-52(28,22-20-50(27,51)7)46(62)71-43-36(57)35(56)34(55)29(25-53)67-43/h13,28-32,34-40,43-45,53,55-59H,11-12,14-26H2,1-10H3/t28-,29+,30-,31+,32-,34+,35-,36+,37-,38+,39-,40-,43-,44+,45-,49-,50+,51+,52-/m0/s1. The highest BCUT2D eigenvalue weighted by Gasteiger charge is 2.70. The molecule has 19 heteroatoms. The van der Waals surface area contributed by atoms with Gasteiger partial charge in [-0.3, -0.25) is 4.79 Å². The fraction of sp³-hybridized carbons (Fsp3) is 0.885. The summed E-state index contributed by atoms with van der Waals surface area (Å²) in [6.07, 6.45) is -7.72. The average molecular weight is 1010 g/mol. The number of carbonyl (C=O) groups excluding carboxylic acids is 4. The first-order chi connectivity index (χ1) is 33.3. The number of hydrogen-bond donors (Lipinski definition) is 6. The predicted molar refractivity (Wildman–Crippen MR) is 249 cm³/mol. The van der Waals surface area contributed by atoms with Gasteiger partial charge in [0.2, 0.25) is 6.29 Å². The van der Waals surface area contributed by atoms with Gasteiger partial charge in [-0.15, -0.1) is 0 Å². The summed E-state index contributed by atoms with van der Waals surface area (Å²) in [5, 5.41) is 65.1. The third kappa shape index (κ3) is 9.85. The number of aliphatic hydroxyl groups is 6. The Bertz CT molecular complexity index is 1970. The second kappa shape index (κ2) is 21.1. The van der Waals surface area contributed by atoms with Gasteiger partial charge in [-0.1, -0.05) is 73.5 Å². The molecule has 4 saturated carbocycles. The minimum absolute atomic E-state index is 0.0534. The van der Waals surface area contributed by atoms with Crippen LogP contribution < -0.4 is 0 Å². The molecular weight excluding hydrogens is 929 g/mol. The zero-order valence-corrected chi connectivity index (χ0v) is 43.3. The number of hydrogen-bond acceptors (Lipinski definition) is 19. The summed E-state index contributed by atoms with van der Waals surface area (Å²) in [6.45, 7) is 16.6. The third-order valence-electron chi connectivity index (χ3n) is 19.1. The van der Waals surface area contributed by atoms with Crippen molar-refractivity contribution in [2.45, 2.75) is 206 Å². The molecule has 7 aliphatic rings. The normalized spacial score (nSPS) is 44.0. The van der Waals surface area contributed by atoms with E-state index in [1.807, 2.05) is 6.92 Å². The van der Waals surface area contributed by atoms with Crippen molar-refractivity contribution in [1.29, 1.82) is 0 Å². The lowest BCUT2D eigenvalue weighted by Gasteiger charge is -2.71. The molecule has 0 aromatic carbocycles. The number of unbranched alkanes of at least 4 members (excludes halogenated alkanes) is 1. The van der Waals surface area contributed by atoms with Crippen LogP contribution in [0.15, 0.2) is 11.6 Å². The lowest BCUT2D eigenvalue weighted by molar-refractivity contribution is -0.340. The Morgan fingerprint density at radius 3 is 2.15 bits per heavy atom. The van der Waals surface area contributed by atoms with Crippen molar-refractivity contribution in [1.82, 2.24) is 0 Å². The first kappa shape index (κ1) is 55.9. The second-order valence-corrected chi connectivity index (χ2v) is 23.7. The van der Waals surface area contributed by atoms with E-state index in [1.165, 1.54) is 5.57 Å². The third-order valence-corrected chi connectivity index (χ3v) is 19.1. The van der Waals surface area contributed by atoms with Crippen molar-refractivity contribution < 1.29 is 92.4 Å². The molecule has 19 atom stereocenters. The highest BCUT2D eigenvalue weighted by atomic mass is 16.8. The van der Waals surface area contributed by atoms with Gasteiger partial charge in [0.05, 0.1) is 39.0 Å². The molecule has 19 nitrogen and oxygen atoms in total. The SMILES string of the molecule is CCCCOC(=O)[C@H]1O[C@@H](O[C@H]2CC[C@]3(C)[C@H]4CC=C5[C@@H]6CC(C)(C)CC[C@]6(C(=O)O[C@@H]6O[C@H](CO)[C@@H](O)[C@H](O)[C@H]6O)CC[C@@]5(C)[C@]4(C)CC[C@H]3C2(C)C)[C@H](O)[C@@H](O[C@H](OCC(=O)OC)C(=O)OC)[C@@H]1O. The number of allylic oxidation sites excluding steroid dienone is 2. The predicted octanol–water partition coefficient (Wildman–Crippen LogP) is 3.38. The zero-order valence-electron chi connectivity index (χ0n) is 43.3. The van der Waals surface area contributed by atoms with Crippen LogP contribution in [0, 0.1) is 50.2 Å². The van der Waals surface area contributed by atoms with Crippen molar-refractivity contribution in [2.24, 2.45) is 50.2 Å². The van der Waals surface area contributed by atoms with Gasteiger partial charge >= 0.3 is 23.9 Å². The topological polar surface area (TPSA) is 273 Å². The smallest absolute Gasteiger partial charge is 0.363 e. The number of ether oxygens (including phenoxy) is 9. The molecule has 0 unspecified atom stereocenters. The van der Waals surface area contributed by atoms with E-state index in [2.05, 4.69) is 59.3 Å². The number of methoxy groups -OCH3 is 2.